The van der Waals surface area contributed by atoms with Crippen LogP contribution < -0.4 is 0 Å². The van der Waals surface area contributed by atoms with Crippen molar-refractivity contribution < 1.29 is 13.2 Å². The number of rotatable bonds is 1. The molecule has 4 nitrogen and oxygen atoms in total. The molecule has 2 saturated heterocycles. The van der Waals surface area contributed by atoms with Crippen molar-refractivity contribution >= 4 is 10.0 Å². The molecule has 64 valence electrons. The first-order valence-electron chi connectivity index (χ1n) is 3.68. The van der Waals surface area contributed by atoms with E-state index < -0.39 is 10.0 Å². The smallest absolute Gasteiger partial charge is 0.211 e. The predicted molar refractivity (Wildman–Crippen MR) is 39.7 cm³/mol. The van der Waals surface area contributed by atoms with Crippen molar-refractivity contribution in [3.8, 4) is 0 Å². The van der Waals surface area contributed by atoms with Gasteiger partial charge in [0.25, 0.3) is 0 Å². The maximum Gasteiger partial charge on any atom is 0.211 e. The average Bonchev–Trinajstić information content (AvgIpc) is 2.60. The average molecular weight is 177 g/mol. The van der Waals surface area contributed by atoms with Crippen molar-refractivity contribution in [2.24, 2.45) is 0 Å². The normalized spacial score (nSPS) is 38.3. The van der Waals surface area contributed by atoms with E-state index in [1.165, 1.54) is 10.6 Å². The van der Waals surface area contributed by atoms with Crippen molar-refractivity contribution in [2.45, 2.75) is 18.6 Å². The van der Waals surface area contributed by atoms with Crippen LogP contribution in [0.4, 0.5) is 0 Å². The summed E-state index contributed by atoms with van der Waals surface area (Å²) in [4.78, 5) is 0. The number of nitrogens with zero attached hydrogens (tertiary/aromatic N) is 1. The van der Waals surface area contributed by atoms with Gasteiger partial charge in [0.15, 0.2) is 0 Å². The molecular weight excluding hydrogens is 166 g/mol. The Morgan fingerprint density at radius 3 is 2.73 bits per heavy atom. The predicted octanol–water partition coefficient (Wildman–Crippen LogP) is -0.581. The van der Waals surface area contributed by atoms with Gasteiger partial charge in [0.2, 0.25) is 10.0 Å². The molecule has 0 amide bonds. The lowest BCUT2D eigenvalue weighted by Crippen LogP contribution is -2.38. The molecule has 0 aromatic carbocycles. The third-order valence-electron chi connectivity index (χ3n) is 2.20. The van der Waals surface area contributed by atoms with Gasteiger partial charge in [-0.2, -0.15) is 4.31 Å². The molecular formula is C6H11NO3S. The van der Waals surface area contributed by atoms with Gasteiger partial charge >= 0.3 is 0 Å². The van der Waals surface area contributed by atoms with E-state index in [1.807, 2.05) is 0 Å². The molecule has 2 aliphatic rings. The van der Waals surface area contributed by atoms with Crippen LogP contribution >= 0.6 is 0 Å². The Hall–Kier alpha value is -0.130. The number of epoxide rings is 1. The van der Waals surface area contributed by atoms with Gasteiger partial charge in [0, 0.05) is 13.1 Å². The van der Waals surface area contributed by atoms with Crippen LogP contribution in [0.2, 0.25) is 0 Å². The molecule has 0 N–H and O–H groups in total. The molecule has 2 heterocycles. The van der Waals surface area contributed by atoms with Gasteiger partial charge in [-0.1, -0.05) is 0 Å². The Morgan fingerprint density at radius 1 is 1.45 bits per heavy atom. The maximum absolute atomic E-state index is 11.0. The molecule has 0 aromatic rings. The minimum Gasteiger partial charge on any atom is -0.368 e. The Morgan fingerprint density at radius 2 is 2.18 bits per heavy atom. The lowest BCUT2D eigenvalue weighted by Gasteiger charge is -2.20. The quantitative estimate of drug-likeness (QED) is 0.503. The molecule has 11 heavy (non-hydrogen) atoms. The first-order chi connectivity index (χ1) is 5.07. The largest absolute Gasteiger partial charge is 0.368 e. The number of hydrogen-bond acceptors (Lipinski definition) is 3. The molecule has 2 atom stereocenters. The van der Waals surface area contributed by atoms with E-state index in [2.05, 4.69) is 0 Å². The van der Waals surface area contributed by atoms with Crippen molar-refractivity contribution in [1.29, 1.82) is 0 Å². The molecule has 1 unspecified atom stereocenters. The lowest BCUT2D eigenvalue weighted by atomic mass is 10.2. The zero-order valence-corrected chi connectivity index (χ0v) is 7.17. The van der Waals surface area contributed by atoms with Crippen molar-refractivity contribution in [2.75, 3.05) is 19.3 Å². The van der Waals surface area contributed by atoms with Gasteiger partial charge < -0.3 is 4.74 Å². The monoisotopic (exact) mass is 177 g/mol. The van der Waals surface area contributed by atoms with Gasteiger partial charge in [0.05, 0.1) is 18.5 Å². The van der Waals surface area contributed by atoms with Crippen LogP contribution in [0.1, 0.15) is 6.42 Å². The fraction of sp³-hybridized carbons (Fsp3) is 1.00. The van der Waals surface area contributed by atoms with Crippen molar-refractivity contribution in [1.82, 2.24) is 4.31 Å². The van der Waals surface area contributed by atoms with E-state index in [0.717, 1.165) is 6.42 Å². The second-order valence-electron chi connectivity index (χ2n) is 3.12. The molecule has 0 aromatic heterocycles. The third-order valence-corrected chi connectivity index (χ3v) is 3.47. The summed E-state index contributed by atoms with van der Waals surface area (Å²) < 4.78 is 28.7. The summed E-state index contributed by atoms with van der Waals surface area (Å²) in [5.74, 6) is 0. The zero-order valence-electron chi connectivity index (χ0n) is 6.36. The van der Waals surface area contributed by atoms with E-state index in [9.17, 15) is 8.42 Å². The maximum atomic E-state index is 11.0. The summed E-state index contributed by atoms with van der Waals surface area (Å²) in [6.45, 7) is 1.18. The van der Waals surface area contributed by atoms with Crippen LogP contribution in [-0.4, -0.2) is 44.3 Å². The zero-order chi connectivity index (χ0) is 8.06. The molecule has 2 aliphatic heterocycles. The standard InChI is InChI=1S/C6H11NO3S/c1-11(8,9)7-3-2-5-6(4-7)10-5/h5-6H,2-4H2,1H3/t5-,6?/m0/s1. The van der Waals surface area contributed by atoms with Crippen LogP contribution in [0, 0.1) is 0 Å². The van der Waals surface area contributed by atoms with E-state index in [4.69, 9.17) is 4.74 Å². The van der Waals surface area contributed by atoms with E-state index in [1.54, 1.807) is 0 Å². The van der Waals surface area contributed by atoms with Crippen LogP contribution in [-0.2, 0) is 14.8 Å². The molecule has 0 spiro atoms. The Labute approximate surface area is 66.2 Å². The highest BCUT2D eigenvalue weighted by Crippen LogP contribution is 2.31. The number of fused-ring (bicyclic) bond motifs is 1. The highest BCUT2D eigenvalue weighted by atomic mass is 32.2. The third kappa shape index (κ3) is 1.40. The number of hydrogen-bond donors (Lipinski definition) is 0. The summed E-state index contributed by atoms with van der Waals surface area (Å²) >= 11 is 0. The Bertz CT molecular complexity index is 261. The molecule has 5 heteroatoms. The minimum atomic E-state index is -2.98. The van der Waals surface area contributed by atoms with Crippen LogP contribution in [0.5, 0.6) is 0 Å². The molecule has 0 bridgehead atoms. The molecule has 2 fully saturated rings. The van der Waals surface area contributed by atoms with Gasteiger partial charge in [0.1, 0.15) is 0 Å². The molecule has 2 rings (SSSR count). The van der Waals surface area contributed by atoms with Crippen LogP contribution in [0.25, 0.3) is 0 Å². The SMILES string of the molecule is CS(=O)(=O)N1CC[C@@H]2OC2C1. The fourth-order valence-corrected chi connectivity index (χ4v) is 2.31. The van der Waals surface area contributed by atoms with Crippen molar-refractivity contribution in [3.05, 3.63) is 0 Å². The number of sulfonamides is 1. The van der Waals surface area contributed by atoms with Gasteiger partial charge in [-0.15, -0.1) is 0 Å². The second kappa shape index (κ2) is 2.18. The van der Waals surface area contributed by atoms with E-state index >= 15 is 0 Å². The van der Waals surface area contributed by atoms with E-state index in [0.29, 0.717) is 19.2 Å². The molecule has 0 saturated carbocycles. The van der Waals surface area contributed by atoms with Crippen molar-refractivity contribution in [3.63, 3.8) is 0 Å². The Kier molecular flexibility index (Phi) is 1.49. The topological polar surface area (TPSA) is 49.9 Å². The lowest BCUT2D eigenvalue weighted by molar-refractivity contribution is 0.359. The number of ether oxygens (including phenoxy) is 1. The second-order valence-corrected chi connectivity index (χ2v) is 5.11. The van der Waals surface area contributed by atoms with Crippen LogP contribution in [0.15, 0.2) is 0 Å². The summed E-state index contributed by atoms with van der Waals surface area (Å²) in [6.07, 6.45) is 2.65. The first-order valence-corrected chi connectivity index (χ1v) is 5.53. The van der Waals surface area contributed by atoms with Gasteiger partial charge in [-0.05, 0) is 6.42 Å². The first kappa shape index (κ1) is 7.52. The fourth-order valence-electron chi connectivity index (χ4n) is 1.46. The van der Waals surface area contributed by atoms with Gasteiger partial charge in [-0.3, -0.25) is 0 Å². The van der Waals surface area contributed by atoms with Gasteiger partial charge in [-0.25, -0.2) is 8.42 Å². The minimum absolute atomic E-state index is 0.193. The Balaban J connectivity index is 2.06. The highest BCUT2D eigenvalue weighted by Gasteiger charge is 2.45. The summed E-state index contributed by atoms with van der Waals surface area (Å²) in [5.41, 5.74) is 0. The summed E-state index contributed by atoms with van der Waals surface area (Å²) in [5, 5.41) is 0. The highest BCUT2D eigenvalue weighted by molar-refractivity contribution is 7.88. The number of piperidine rings is 1. The van der Waals surface area contributed by atoms with E-state index in [-0.39, 0.29) is 6.10 Å². The van der Waals surface area contributed by atoms with Crippen LogP contribution in [0.3, 0.4) is 0 Å². The summed E-state index contributed by atoms with van der Waals surface area (Å²) in [7, 11) is -2.98. The molecule has 0 aliphatic carbocycles. The summed E-state index contributed by atoms with van der Waals surface area (Å²) in [6, 6.07) is 0. The molecule has 0 radical (unpaired) electrons.